The fraction of sp³-hybridized carbons (Fsp3) is 0.565. The molecule has 5 nitrogen and oxygen atoms in total. The van der Waals surface area contributed by atoms with E-state index in [9.17, 15) is 10.2 Å². The molecule has 1 fully saturated rings. The highest BCUT2D eigenvalue weighted by molar-refractivity contribution is 7.16. The number of thiophene rings is 1. The van der Waals surface area contributed by atoms with Crippen LogP contribution in [0.5, 0.6) is 0 Å². The minimum Gasteiger partial charge on any atom is -0.395 e. The zero-order valence-corrected chi connectivity index (χ0v) is 19.1. The van der Waals surface area contributed by atoms with E-state index < -0.39 is 0 Å². The highest BCUT2D eigenvalue weighted by Gasteiger charge is 2.44. The lowest BCUT2D eigenvalue weighted by Gasteiger charge is -2.47. The van der Waals surface area contributed by atoms with E-state index >= 15 is 0 Å². The molecule has 2 aliphatic heterocycles. The Labute approximate surface area is 187 Å². The van der Waals surface area contributed by atoms with Gasteiger partial charge in [-0.15, -0.1) is 11.3 Å². The molecule has 2 aliphatic rings. The minimum absolute atomic E-state index is 0.0774. The van der Waals surface area contributed by atoms with E-state index in [1.165, 1.54) is 16.0 Å². The van der Waals surface area contributed by atoms with Crippen LogP contribution in [0.1, 0.15) is 35.8 Å². The molecule has 0 aliphatic carbocycles. The fourth-order valence-electron chi connectivity index (χ4n) is 4.87. The Hall–Kier alpha value is -1.15. The van der Waals surface area contributed by atoms with Crippen LogP contribution in [0.25, 0.3) is 0 Å². The predicted octanol–water partition coefficient (Wildman–Crippen LogP) is 3.65. The summed E-state index contributed by atoms with van der Waals surface area (Å²) in [5.74, 6) is 0. The Balaban J connectivity index is 1.41. The second kappa shape index (κ2) is 9.55. The number of halogens is 1. The summed E-state index contributed by atoms with van der Waals surface area (Å²) in [4.78, 5) is 5.88. The van der Waals surface area contributed by atoms with Gasteiger partial charge in [0.25, 0.3) is 0 Å². The maximum absolute atomic E-state index is 9.25. The smallest absolute Gasteiger partial charge is 0.105 e. The Morgan fingerprint density at radius 3 is 2.63 bits per heavy atom. The first-order chi connectivity index (χ1) is 14.5. The van der Waals surface area contributed by atoms with Gasteiger partial charge in [0.05, 0.1) is 24.2 Å². The molecule has 0 unspecified atom stereocenters. The van der Waals surface area contributed by atoms with Crippen molar-refractivity contribution in [1.29, 1.82) is 0 Å². The van der Waals surface area contributed by atoms with Gasteiger partial charge in [0, 0.05) is 42.8 Å². The lowest BCUT2D eigenvalue weighted by Crippen LogP contribution is -2.49. The second-order valence-electron chi connectivity index (χ2n) is 8.37. The first-order valence-electron chi connectivity index (χ1n) is 10.8. The Morgan fingerprint density at radius 2 is 1.97 bits per heavy atom. The minimum atomic E-state index is -0.166. The lowest BCUT2D eigenvalue weighted by molar-refractivity contribution is -0.110. The van der Waals surface area contributed by atoms with Gasteiger partial charge in [0.1, 0.15) is 5.60 Å². The van der Waals surface area contributed by atoms with Crippen molar-refractivity contribution in [2.45, 2.75) is 44.4 Å². The second-order valence-corrected chi connectivity index (χ2v) is 10.1. The van der Waals surface area contributed by atoms with Crippen molar-refractivity contribution >= 4 is 28.6 Å². The van der Waals surface area contributed by atoms with Crippen LogP contribution in [-0.2, 0) is 23.3 Å². The van der Waals surface area contributed by atoms with Crippen molar-refractivity contribution in [3.63, 3.8) is 0 Å². The Kier molecular flexibility index (Phi) is 7.02. The number of anilines is 1. The Bertz CT molecular complexity index is 837. The van der Waals surface area contributed by atoms with E-state index in [1.807, 2.05) is 4.90 Å². The largest absolute Gasteiger partial charge is 0.395 e. The van der Waals surface area contributed by atoms with Crippen molar-refractivity contribution in [3.05, 3.63) is 50.7 Å². The summed E-state index contributed by atoms with van der Waals surface area (Å²) in [6.07, 6.45) is 2.96. The topological polar surface area (TPSA) is 56.2 Å². The number of fused-ring (bicyclic) bond motifs is 2. The zero-order chi connectivity index (χ0) is 21.1. The first-order valence-corrected chi connectivity index (χ1v) is 12.0. The third-order valence-electron chi connectivity index (χ3n) is 6.42. The van der Waals surface area contributed by atoms with Crippen molar-refractivity contribution in [3.8, 4) is 0 Å². The van der Waals surface area contributed by atoms with Crippen molar-refractivity contribution in [2.75, 3.05) is 44.4 Å². The average molecular weight is 451 g/mol. The predicted molar refractivity (Wildman–Crippen MR) is 123 cm³/mol. The van der Waals surface area contributed by atoms with Gasteiger partial charge in [0.2, 0.25) is 0 Å². The molecule has 7 heteroatoms. The molecule has 0 amide bonds. The summed E-state index contributed by atoms with van der Waals surface area (Å²) >= 11 is 8.02. The number of hydrogen-bond donors (Lipinski definition) is 2. The summed E-state index contributed by atoms with van der Waals surface area (Å²) in [6.45, 7) is 6.20. The summed E-state index contributed by atoms with van der Waals surface area (Å²) in [6, 6.07) is 11.0. The van der Waals surface area contributed by atoms with Gasteiger partial charge in [-0.05, 0) is 55.5 Å². The van der Waals surface area contributed by atoms with Crippen molar-refractivity contribution in [1.82, 2.24) is 4.90 Å². The molecule has 4 rings (SSSR count). The van der Waals surface area contributed by atoms with Crippen LogP contribution in [-0.4, -0.2) is 60.6 Å². The normalized spacial score (nSPS) is 24.2. The molecule has 2 N–H and O–H groups in total. The number of nitrogens with zero attached hydrogens (tertiary/aromatic N) is 2. The van der Waals surface area contributed by atoms with Crippen LogP contribution in [0.3, 0.4) is 0 Å². The maximum atomic E-state index is 9.25. The summed E-state index contributed by atoms with van der Waals surface area (Å²) in [5, 5.41) is 18.5. The van der Waals surface area contributed by atoms with Crippen LogP contribution < -0.4 is 4.90 Å². The number of hydrogen-bond acceptors (Lipinski definition) is 6. The number of aliphatic hydroxyl groups is 2. The van der Waals surface area contributed by atoms with E-state index in [1.54, 1.807) is 11.3 Å². The molecule has 30 heavy (non-hydrogen) atoms. The van der Waals surface area contributed by atoms with Gasteiger partial charge in [-0.1, -0.05) is 23.7 Å². The highest BCUT2D eigenvalue weighted by Crippen LogP contribution is 2.48. The molecule has 164 valence electrons. The van der Waals surface area contributed by atoms with Gasteiger partial charge in [-0.2, -0.15) is 0 Å². The molecule has 1 saturated heterocycles. The standard InChI is InChI=1S/C23H31ClN2O3S/c1-17-15-23(22-19(6-13-29-23)14-21(24)30-22)7-8-26(17)16-18-2-4-20(5-3-18)25(9-11-27)10-12-28/h2-5,14,17,27-28H,6-13,15-16H2,1H3/t17-,23+/m0/s1. The Morgan fingerprint density at radius 1 is 1.23 bits per heavy atom. The van der Waals surface area contributed by atoms with Crippen LogP contribution in [0, 0.1) is 0 Å². The fourth-order valence-corrected chi connectivity index (χ4v) is 6.35. The van der Waals surface area contributed by atoms with Crippen LogP contribution in [0.15, 0.2) is 30.3 Å². The SMILES string of the molecule is C[C@H]1C[C@@]2(CCN1Cc1ccc(N(CCO)CCO)cc1)OCCc1cc(Cl)sc12. The summed E-state index contributed by atoms with van der Waals surface area (Å²) < 4.78 is 7.25. The highest BCUT2D eigenvalue weighted by atomic mass is 35.5. The van der Waals surface area contributed by atoms with Crippen molar-refractivity contribution < 1.29 is 14.9 Å². The third-order valence-corrected chi connectivity index (χ3v) is 7.91. The maximum Gasteiger partial charge on any atom is 0.105 e. The molecule has 2 atom stereocenters. The van der Waals surface area contributed by atoms with E-state index in [-0.39, 0.29) is 18.8 Å². The molecule has 3 heterocycles. The van der Waals surface area contributed by atoms with E-state index in [0.717, 1.165) is 49.0 Å². The third kappa shape index (κ3) is 4.54. The summed E-state index contributed by atoms with van der Waals surface area (Å²) in [7, 11) is 0. The molecule has 0 saturated carbocycles. The monoisotopic (exact) mass is 450 g/mol. The number of piperidine rings is 1. The number of likely N-dealkylation sites (tertiary alicyclic amines) is 1. The quantitative estimate of drug-likeness (QED) is 0.674. The zero-order valence-electron chi connectivity index (χ0n) is 17.5. The molecule has 0 bridgehead atoms. The summed E-state index contributed by atoms with van der Waals surface area (Å²) in [5.41, 5.74) is 3.52. The lowest BCUT2D eigenvalue weighted by atomic mass is 9.82. The van der Waals surface area contributed by atoms with Gasteiger partial charge in [-0.3, -0.25) is 4.90 Å². The van der Waals surface area contributed by atoms with Crippen LogP contribution >= 0.6 is 22.9 Å². The molecule has 1 spiro atoms. The van der Waals surface area contributed by atoms with E-state index in [0.29, 0.717) is 19.1 Å². The molecular weight excluding hydrogens is 420 g/mol. The van der Waals surface area contributed by atoms with Crippen LogP contribution in [0.4, 0.5) is 5.69 Å². The number of rotatable bonds is 7. The molecule has 2 aromatic rings. The molecular formula is C23H31ClN2O3S. The van der Waals surface area contributed by atoms with Gasteiger partial charge >= 0.3 is 0 Å². The molecule has 1 aromatic carbocycles. The molecule has 0 radical (unpaired) electrons. The van der Waals surface area contributed by atoms with Gasteiger partial charge < -0.3 is 19.8 Å². The molecule has 1 aromatic heterocycles. The van der Waals surface area contributed by atoms with Crippen molar-refractivity contribution in [2.24, 2.45) is 0 Å². The number of aliphatic hydroxyl groups excluding tert-OH is 2. The average Bonchev–Trinajstić information content (AvgIpc) is 3.13. The van der Waals surface area contributed by atoms with Crippen LogP contribution in [0.2, 0.25) is 4.34 Å². The van der Waals surface area contributed by atoms with Gasteiger partial charge in [0.15, 0.2) is 0 Å². The number of benzene rings is 1. The number of ether oxygens (including phenoxy) is 1. The first kappa shape index (κ1) is 22.1. The van der Waals surface area contributed by atoms with E-state index in [4.69, 9.17) is 16.3 Å². The van der Waals surface area contributed by atoms with E-state index in [2.05, 4.69) is 42.2 Å². The van der Waals surface area contributed by atoms with Gasteiger partial charge in [-0.25, -0.2) is 0 Å².